The van der Waals surface area contributed by atoms with E-state index < -0.39 is 9.84 Å². The molecule has 0 bridgehead atoms. The van der Waals surface area contributed by atoms with Crippen LogP contribution in [0.25, 0.3) is 10.1 Å². The Morgan fingerprint density at radius 1 is 1.30 bits per heavy atom. The number of anilines is 1. The van der Waals surface area contributed by atoms with E-state index in [-0.39, 0.29) is 4.90 Å². The second-order valence-electron chi connectivity index (χ2n) is 5.92. The highest BCUT2D eigenvalue weighted by Gasteiger charge is 2.11. The first-order valence-electron chi connectivity index (χ1n) is 8.40. The van der Waals surface area contributed by atoms with Gasteiger partial charge in [0, 0.05) is 30.1 Å². The number of hydrogen-bond acceptors (Lipinski definition) is 6. The highest BCUT2D eigenvalue weighted by molar-refractivity contribution is 7.90. The smallest absolute Gasteiger partial charge is 0.175 e. The maximum atomic E-state index is 11.7. The molecule has 27 heavy (non-hydrogen) atoms. The molecule has 3 aromatic rings. The molecule has 0 radical (unpaired) electrons. The third kappa shape index (κ3) is 4.24. The van der Waals surface area contributed by atoms with Crippen molar-refractivity contribution in [3.05, 3.63) is 47.1 Å². The third-order valence-corrected chi connectivity index (χ3v) is 6.33. The maximum absolute atomic E-state index is 11.7. The van der Waals surface area contributed by atoms with Gasteiger partial charge in [0.1, 0.15) is 5.75 Å². The van der Waals surface area contributed by atoms with E-state index in [1.165, 1.54) is 30.4 Å². The summed E-state index contributed by atoms with van der Waals surface area (Å²) in [6.45, 7) is 2.55. The zero-order valence-electron chi connectivity index (χ0n) is 15.4. The van der Waals surface area contributed by atoms with Crippen molar-refractivity contribution in [3.63, 3.8) is 0 Å². The number of pyridine rings is 1. The molecule has 0 saturated heterocycles. The quantitative estimate of drug-likeness (QED) is 0.661. The van der Waals surface area contributed by atoms with E-state index in [4.69, 9.17) is 4.74 Å². The Balaban J connectivity index is 1.78. The number of ether oxygens (including phenoxy) is 1. The molecule has 0 fully saturated rings. The van der Waals surface area contributed by atoms with Crippen molar-refractivity contribution < 1.29 is 13.2 Å². The van der Waals surface area contributed by atoms with Crippen LogP contribution in [0.5, 0.6) is 5.75 Å². The van der Waals surface area contributed by atoms with Gasteiger partial charge in [-0.15, -0.1) is 11.3 Å². The first-order valence-corrected chi connectivity index (χ1v) is 11.1. The lowest BCUT2D eigenvalue weighted by molar-refractivity contribution is 0.415. The summed E-state index contributed by atoms with van der Waals surface area (Å²) in [5, 5.41) is 4.40. The van der Waals surface area contributed by atoms with Gasteiger partial charge in [-0.3, -0.25) is 4.98 Å². The van der Waals surface area contributed by atoms with E-state index >= 15 is 0 Å². The first-order chi connectivity index (χ1) is 12.9. The van der Waals surface area contributed by atoms with Crippen LogP contribution in [0.1, 0.15) is 17.4 Å². The summed E-state index contributed by atoms with van der Waals surface area (Å²) in [5.74, 6) is 6.85. The lowest BCUT2D eigenvalue weighted by atomic mass is 10.1. The molecule has 1 aromatic carbocycles. The van der Waals surface area contributed by atoms with Crippen LogP contribution in [0.3, 0.4) is 0 Å². The minimum Gasteiger partial charge on any atom is -0.495 e. The highest BCUT2D eigenvalue weighted by Crippen LogP contribution is 2.30. The van der Waals surface area contributed by atoms with E-state index in [2.05, 4.69) is 29.1 Å². The number of methoxy groups -OCH3 is 1. The van der Waals surface area contributed by atoms with Gasteiger partial charge < -0.3 is 10.1 Å². The molecule has 0 spiro atoms. The molecule has 0 unspecified atom stereocenters. The molecule has 0 aliphatic heterocycles. The van der Waals surface area contributed by atoms with Gasteiger partial charge in [-0.1, -0.05) is 18.8 Å². The Bertz CT molecular complexity index is 1140. The summed E-state index contributed by atoms with van der Waals surface area (Å²) in [7, 11) is -1.76. The number of nitrogens with zero attached hydrogens (tertiary/aromatic N) is 1. The van der Waals surface area contributed by atoms with E-state index in [9.17, 15) is 8.42 Å². The van der Waals surface area contributed by atoms with Crippen LogP contribution in [0.4, 0.5) is 5.69 Å². The second-order valence-corrected chi connectivity index (χ2v) is 8.99. The van der Waals surface area contributed by atoms with Crippen molar-refractivity contribution in [1.29, 1.82) is 0 Å². The summed E-state index contributed by atoms with van der Waals surface area (Å²) in [6.07, 6.45) is 5.77. The van der Waals surface area contributed by atoms with Crippen LogP contribution >= 0.6 is 11.3 Å². The van der Waals surface area contributed by atoms with Crippen molar-refractivity contribution in [2.75, 3.05) is 25.2 Å². The number of benzene rings is 1. The van der Waals surface area contributed by atoms with Crippen LogP contribution in [0, 0.1) is 11.8 Å². The molecular weight excluding hydrogens is 380 g/mol. The number of thiophene rings is 1. The number of aromatic nitrogens is 1. The van der Waals surface area contributed by atoms with Gasteiger partial charge in [-0.2, -0.15) is 0 Å². The molecule has 140 valence electrons. The SMILES string of the molecule is CCc1c(C#CCNc2ccc(S(C)(=O)=O)cc2OC)sc2cnccc12. The van der Waals surface area contributed by atoms with Gasteiger partial charge in [0.25, 0.3) is 0 Å². The number of aryl methyl sites for hydroxylation is 1. The lowest BCUT2D eigenvalue weighted by Gasteiger charge is -2.10. The van der Waals surface area contributed by atoms with Gasteiger partial charge in [0.2, 0.25) is 0 Å². The van der Waals surface area contributed by atoms with Crippen molar-refractivity contribution in [2.24, 2.45) is 0 Å². The van der Waals surface area contributed by atoms with Gasteiger partial charge in [-0.05, 0) is 30.2 Å². The molecule has 3 rings (SSSR count). The molecule has 2 aromatic heterocycles. The second kappa shape index (κ2) is 7.99. The van der Waals surface area contributed by atoms with Gasteiger partial charge in [-0.25, -0.2) is 8.42 Å². The molecule has 5 nitrogen and oxygen atoms in total. The van der Waals surface area contributed by atoms with Crippen molar-refractivity contribution >= 4 is 36.9 Å². The van der Waals surface area contributed by atoms with Crippen LogP contribution in [0.2, 0.25) is 0 Å². The Morgan fingerprint density at radius 2 is 2.11 bits per heavy atom. The Labute approximate surface area is 163 Å². The summed E-state index contributed by atoms with van der Waals surface area (Å²) in [4.78, 5) is 5.46. The van der Waals surface area contributed by atoms with Crippen LogP contribution in [-0.4, -0.2) is 33.3 Å². The van der Waals surface area contributed by atoms with Crippen molar-refractivity contribution in [1.82, 2.24) is 4.98 Å². The van der Waals surface area contributed by atoms with Gasteiger partial charge in [0.15, 0.2) is 9.84 Å². The van der Waals surface area contributed by atoms with E-state index in [0.717, 1.165) is 16.0 Å². The molecule has 2 heterocycles. The maximum Gasteiger partial charge on any atom is 0.175 e. The predicted octanol–water partition coefficient (Wildman–Crippen LogP) is 3.73. The largest absolute Gasteiger partial charge is 0.495 e. The Kier molecular flexibility index (Phi) is 5.68. The van der Waals surface area contributed by atoms with Crippen molar-refractivity contribution in [3.8, 4) is 17.6 Å². The molecule has 1 N–H and O–H groups in total. The van der Waals surface area contributed by atoms with E-state index in [1.807, 2.05) is 12.3 Å². The monoisotopic (exact) mass is 400 g/mol. The molecule has 7 heteroatoms. The Hall–Kier alpha value is -2.56. The standard InChI is InChI=1S/C20H20N2O3S2/c1-4-15-16-9-11-21-13-20(16)26-19(15)6-5-10-22-17-8-7-14(27(3,23)24)12-18(17)25-2/h7-9,11-13,22H,4,10H2,1-3H3. The zero-order chi connectivity index (χ0) is 19.4. The van der Waals surface area contributed by atoms with Gasteiger partial charge in [0.05, 0.1) is 33.8 Å². The van der Waals surface area contributed by atoms with Crippen LogP contribution < -0.4 is 10.1 Å². The number of nitrogens with one attached hydrogen (secondary N) is 1. The zero-order valence-corrected chi connectivity index (χ0v) is 17.0. The minimum absolute atomic E-state index is 0.224. The number of fused-ring (bicyclic) bond motifs is 1. The average Bonchev–Trinajstić information content (AvgIpc) is 3.01. The van der Waals surface area contributed by atoms with E-state index in [0.29, 0.717) is 18.0 Å². The average molecular weight is 401 g/mol. The molecule has 0 saturated carbocycles. The minimum atomic E-state index is -3.27. The normalized spacial score (nSPS) is 11.1. The molecule has 0 aliphatic rings. The molecule has 0 atom stereocenters. The fourth-order valence-corrected chi connectivity index (χ4v) is 4.54. The Morgan fingerprint density at radius 3 is 2.81 bits per heavy atom. The van der Waals surface area contributed by atoms with Gasteiger partial charge >= 0.3 is 0 Å². The first kappa shape index (κ1) is 19.2. The topological polar surface area (TPSA) is 68.3 Å². The molecular formula is C20H20N2O3S2. The van der Waals surface area contributed by atoms with Crippen molar-refractivity contribution in [2.45, 2.75) is 18.2 Å². The molecule has 0 aliphatic carbocycles. The number of sulfone groups is 1. The lowest BCUT2D eigenvalue weighted by Crippen LogP contribution is -2.03. The fourth-order valence-electron chi connectivity index (χ4n) is 2.77. The summed E-state index contributed by atoms with van der Waals surface area (Å²) < 4.78 is 29.8. The third-order valence-electron chi connectivity index (χ3n) is 4.12. The number of hydrogen-bond donors (Lipinski definition) is 1. The summed E-state index contributed by atoms with van der Waals surface area (Å²) in [5.41, 5.74) is 1.95. The highest BCUT2D eigenvalue weighted by atomic mass is 32.2. The van der Waals surface area contributed by atoms with E-state index in [1.54, 1.807) is 29.7 Å². The van der Waals surface area contributed by atoms with Crippen LogP contribution in [0.15, 0.2) is 41.6 Å². The summed E-state index contributed by atoms with van der Waals surface area (Å²) in [6, 6.07) is 6.79. The van der Waals surface area contributed by atoms with Crippen LogP contribution in [-0.2, 0) is 16.3 Å². The molecule has 0 amide bonds. The predicted molar refractivity (Wildman–Crippen MR) is 110 cm³/mol. The fraction of sp³-hybridized carbons (Fsp3) is 0.250. The summed E-state index contributed by atoms with van der Waals surface area (Å²) >= 11 is 1.65. The number of rotatable bonds is 5.